The second kappa shape index (κ2) is 6.30. The van der Waals surface area contributed by atoms with Crippen LogP contribution >= 0.6 is 15.9 Å². The van der Waals surface area contributed by atoms with Crippen molar-refractivity contribution < 1.29 is 15.2 Å². The number of likely N-dealkylation sites (N-methyl/N-ethyl adjacent to an activating group) is 1. The minimum Gasteiger partial charge on any atom is -0.461 e. The summed E-state index contributed by atoms with van der Waals surface area (Å²) in [6.07, 6.45) is 0.885. The van der Waals surface area contributed by atoms with Crippen LogP contribution in [-0.2, 0) is 4.74 Å². The Morgan fingerprint density at radius 3 is 3.09 bits per heavy atom. The van der Waals surface area contributed by atoms with Crippen LogP contribution in [0.3, 0.4) is 0 Å². The average Bonchev–Trinajstić information content (AvgIpc) is 2.84. The maximum absolute atomic E-state index is 14.2. The van der Waals surface area contributed by atoms with Crippen molar-refractivity contribution in [3.05, 3.63) is 28.6 Å². The molecule has 5 nitrogen and oxygen atoms in total. The number of rotatable bonds is 4. The lowest BCUT2D eigenvalue weighted by Crippen LogP contribution is -2.51. The Bertz CT molecular complexity index is 779. The normalized spacial score (nSPS) is 25.8. The van der Waals surface area contributed by atoms with Gasteiger partial charge in [-0.15, -0.1) is 0 Å². The van der Waals surface area contributed by atoms with E-state index >= 15 is 0 Å². The standard InChI is InChI=1S/C16H19BrFN3O2/c1-16(12(22-3)6-7-21(16)2)9-23-15-19-8-10-4-5-11(17)13(18)14(10)20-15/h4-5,8,12H,6-7,9H2,1-3H3/i8D. The van der Waals surface area contributed by atoms with E-state index in [-0.39, 0.29) is 29.3 Å². The topological polar surface area (TPSA) is 47.5 Å². The molecule has 3 rings (SSSR count). The maximum atomic E-state index is 14.2. The molecule has 0 saturated carbocycles. The zero-order chi connectivity index (χ0) is 17.5. The Labute approximate surface area is 144 Å². The number of methoxy groups -OCH3 is 1. The van der Waals surface area contributed by atoms with Crippen molar-refractivity contribution in [1.29, 1.82) is 0 Å². The number of likely N-dealkylation sites (tertiary alicyclic amines) is 1. The Balaban J connectivity index is 1.89. The van der Waals surface area contributed by atoms with Crippen LogP contribution in [0.15, 0.2) is 22.8 Å². The van der Waals surface area contributed by atoms with Gasteiger partial charge < -0.3 is 9.47 Å². The molecule has 124 valence electrons. The van der Waals surface area contributed by atoms with Crippen LogP contribution in [0.5, 0.6) is 6.01 Å². The Morgan fingerprint density at radius 2 is 2.35 bits per heavy atom. The van der Waals surface area contributed by atoms with E-state index in [1.165, 1.54) is 6.07 Å². The van der Waals surface area contributed by atoms with E-state index in [9.17, 15) is 4.39 Å². The van der Waals surface area contributed by atoms with Crippen LogP contribution in [0.1, 0.15) is 14.7 Å². The van der Waals surface area contributed by atoms with Crippen molar-refractivity contribution in [2.45, 2.75) is 25.0 Å². The van der Waals surface area contributed by atoms with Gasteiger partial charge in [-0.2, -0.15) is 4.98 Å². The SMILES string of the molecule is [2H]c1nc(OCC2(C)C(OC)CCN2C)nc2c(F)c(Br)ccc12. The molecule has 0 N–H and O–H groups in total. The van der Waals surface area contributed by atoms with Gasteiger partial charge in [0.2, 0.25) is 0 Å². The van der Waals surface area contributed by atoms with E-state index in [2.05, 4.69) is 30.8 Å². The molecule has 1 aromatic heterocycles. The smallest absolute Gasteiger partial charge is 0.317 e. The van der Waals surface area contributed by atoms with E-state index in [0.29, 0.717) is 16.5 Å². The molecular formula is C16H19BrFN3O2. The lowest BCUT2D eigenvalue weighted by Gasteiger charge is -2.35. The summed E-state index contributed by atoms with van der Waals surface area (Å²) in [5, 5.41) is 0.349. The van der Waals surface area contributed by atoms with Gasteiger partial charge in [-0.3, -0.25) is 4.90 Å². The molecule has 1 saturated heterocycles. The molecule has 1 aliphatic rings. The van der Waals surface area contributed by atoms with Gasteiger partial charge in [-0.25, -0.2) is 9.37 Å². The minimum absolute atomic E-state index is 0.000813. The van der Waals surface area contributed by atoms with Crippen LogP contribution in [0.4, 0.5) is 4.39 Å². The van der Waals surface area contributed by atoms with Crippen molar-refractivity contribution in [2.24, 2.45) is 0 Å². The molecule has 2 atom stereocenters. The zero-order valence-electron chi connectivity index (χ0n) is 14.3. The van der Waals surface area contributed by atoms with E-state index in [1.54, 1.807) is 13.2 Å². The summed E-state index contributed by atoms with van der Waals surface area (Å²) < 4.78 is 33.8. The molecule has 1 aromatic carbocycles. The molecule has 0 spiro atoms. The first-order chi connectivity index (χ1) is 11.4. The lowest BCUT2D eigenvalue weighted by molar-refractivity contribution is -0.0110. The van der Waals surface area contributed by atoms with Crippen molar-refractivity contribution >= 4 is 26.8 Å². The van der Waals surface area contributed by atoms with Crippen molar-refractivity contribution in [3.8, 4) is 6.01 Å². The number of halogens is 2. The first-order valence-corrected chi connectivity index (χ1v) is 8.15. The van der Waals surface area contributed by atoms with Crippen LogP contribution in [0.2, 0.25) is 0 Å². The fraction of sp³-hybridized carbons (Fsp3) is 0.500. The Hall–Kier alpha value is -1.31. The number of aromatic nitrogens is 2. The Kier molecular flexibility index (Phi) is 4.17. The van der Waals surface area contributed by atoms with Gasteiger partial charge in [-0.1, -0.05) is 0 Å². The number of hydrogen-bond acceptors (Lipinski definition) is 5. The predicted molar refractivity (Wildman–Crippen MR) is 89.1 cm³/mol. The molecule has 1 aliphatic heterocycles. The van der Waals surface area contributed by atoms with E-state index < -0.39 is 5.82 Å². The minimum atomic E-state index is -0.521. The molecule has 2 unspecified atom stereocenters. The molecule has 0 aliphatic carbocycles. The average molecular weight is 385 g/mol. The summed E-state index contributed by atoms with van der Waals surface area (Å²) in [7, 11) is 3.69. The first-order valence-electron chi connectivity index (χ1n) is 7.86. The third kappa shape index (κ3) is 2.93. The third-order valence-electron chi connectivity index (χ3n) is 4.62. The van der Waals surface area contributed by atoms with Crippen LogP contribution in [0.25, 0.3) is 10.9 Å². The number of hydrogen-bond donors (Lipinski definition) is 0. The summed E-state index contributed by atoms with van der Waals surface area (Å²) in [4.78, 5) is 10.3. The summed E-state index contributed by atoms with van der Waals surface area (Å²) in [5.74, 6) is -0.521. The molecule has 0 radical (unpaired) electrons. The highest BCUT2D eigenvalue weighted by atomic mass is 79.9. The largest absolute Gasteiger partial charge is 0.461 e. The zero-order valence-corrected chi connectivity index (χ0v) is 14.9. The van der Waals surface area contributed by atoms with Gasteiger partial charge in [0.25, 0.3) is 0 Å². The molecule has 2 heterocycles. The number of benzene rings is 1. The van der Waals surface area contributed by atoms with Crippen LogP contribution < -0.4 is 4.74 Å². The fourth-order valence-corrected chi connectivity index (χ4v) is 3.26. The number of nitrogens with zero attached hydrogens (tertiary/aromatic N) is 3. The van der Waals surface area contributed by atoms with Crippen molar-refractivity contribution in [2.75, 3.05) is 27.3 Å². The van der Waals surface area contributed by atoms with E-state index in [0.717, 1.165) is 13.0 Å². The molecule has 7 heteroatoms. The quantitative estimate of drug-likeness (QED) is 0.810. The highest BCUT2D eigenvalue weighted by Crippen LogP contribution is 2.31. The molecule has 0 amide bonds. The molecule has 1 fully saturated rings. The molecule has 23 heavy (non-hydrogen) atoms. The highest BCUT2D eigenvalue weighted by Gasteiger charge is 2.44. The third-order valence-corrected chi connectivity index (χ3v) is 5.23. The predicted octanol–water partition coefficient (Wildman–Crippen LogP) is 3.02. The van der Waals surface area contributed by atoms with Gasteiger partial charge in [0.15, 0.2) is 5.82 Å². The second-order valence-electron chi connectivity index (χ2n) is 5.96. The fourth-order valence-electron chi connectivity index (χ4n) is 2.94. The van der Waals surface area contributed by atoms with Gasteiger partial charge in [0, 0.05) is 25.2 Å². The molecule has 0 bridgehead atoms. The number of fused-ring (bicyclic) bond motifs is 1. The van der Waals surface area contributed by atoms with Gasteiger partial charge in [0.1, 0.15) is 12.1 Å². The monoisotopic (exact) mass is 384 g/mol. The van der Waals surface area contributed by atoms with Crippen molar-refractivity contribution in [3.63, 3.8) is 0 Å². The van der Waals surface area contributed by atoms with Gasteiger partial charge in [-0.05, 0) is 48.5 Å². The van der Waals surface area contributed by atoms with E-state index in [1.807, 2.05) is 14.0 Å². The van der Waals surface area contributed by atoms with E-state index in [4.69, 9.17) is 10.8 Å². The second-order valence-corrected chi connectivity index (χ2v) is 6.81. The lowest BCUT2D eigenvalue weighted by atomic mass is 9.97. The van der Waals surface area contributed by atoms with Crippen molar-refractivity contribution in [1.82, 2.24) is 14.9 Å². The summed E-state index contributed by atoms with van der Waals surface area (Å²) in [6, 6.07) is 3.15. The Morgan fingerprint density at radius 1 is 1.57 bits per heavy atom. The maximum Gasteiger partial charge on any atom is 0.317 e. The first kappa shape index (κ1) is 15.2. The number of ether oxygens (including phenoxy) is 2. The molecule has 2 aromatic rings. The summed E-state index contributed by atoms with van der Waals surface area (Å²) in [6.45, 7) is 3.25. The van der Waals surface area contributed by atoms with Crippen LogP contribution in [0, 0.1) is 5.82 Å². The summed E-state index contributed by atoms with van der Waals surface area (Å²) >= 11 is 3.13. The van der Waals surface area contributed by atoms with Gasteiger partial charge >= 0.3 is 6.01 Å². The highest BCUT2D eigenvalue weighted by molar-refractivity contribution is 9.10. The summed E-state index contributed by atoms with van der Waals surface area (Å²) in [5.41, 5.74) is -0.252. The van der Waals surface area contributed by atoms with Crippen LogP contribution in [-0.4, -0.2) is 53.8 Å². The molecular weight excluding hydrogens is 365 g/mol. The van der Waals surface area contributed by atoms with Gasteiger partial charge in [0.05, 0.1) is 17.5 Å².